The Hall–Kier alpha value is -2.30. The molecule has 0 saturated carbocycles. The van der Waals surface area contributed by atoms with Crippen molar-refractivity contribution in [2.24, 2.45) is 0 Å². The molecule has 0 spiro atoms. The molecular weight excluding hydrogens is 928 g/mol. The van der Waals surface area contributed by atoms with Crippen LogP contribution in [0.4, 0.5) is 0 Å². The maximum Gasteiger partial charge on any atom is 0.472 e. The summed E-state index contributed by atoms with van der Waals surface area (Å²) in [5.41, 5.74) is 0. The molecule has 11 nitrogen and oxygen atoms in total. The van der Waals surface area contributed by atoms with Crippen LogP contribution in [0.15, 0.2) is 36.5 Å². The fourth-order valence-electron chi connectivity index (χ4n) is 8.45. The van der Waals surface area contributed by atoms with Crippen LogP contribution in [0.25, 0.3) is 0 Å². The minimum atomic E-state index is -4.75. The summed E-state index contributed by atoms with van der Waals surface area (Å²) in [4.78, 5) is 48.6. The lowest BCUT2D eigenvalue weighted by Gasteiger charge is -2.21. The minimum Gasteiger partial charge on any atom is -0.462 e. The second-order valence-electron chi connectivity index (χ2n) is 20.2. The lowest BCUT2D eigenvalue weighted by molar-refractivity contribution is -0.161. The Bertz CT molecular complexity index is 1350. The van der Waals surface area contributed by atoms with Gasteiger partial charge in [0.25, 0.3) is 0 Å². The normalized spacial score (nSPS) is 13.6. The van der Waals surface area contributed by atoms with Gasteiger partial charge < -0.3 is 24.2 Å². The van der Waals surface area contributed by atoms with E-state index in [-0.39, 0.29) is 25.9 Å². The summed E-state index contributed by atoms with van der Waals surface area (Å²) in [7, 11) is -4.75. The zero-order chi connectivity index (χ0) is 52.7. The highest BCUT2D eigenvalue weighted by molar-refractivity contribution is 7.47. The molecule has 3 unspecified atom stereocenters. The monoisotopic (exact) mass is 1040 g/mol. The largest absolute Gasteiger partial charge is 0.472 e. The third-order valence-electron chi connectivity index (χ3n) is 13.0. The van der Waals surface area contributed by atoms with Gasteiger partial charge in [-0.05, 0) is 70.6 Å². The van der Waals surface area contributed by atoms with Crippen LogP contribution in [0.1, 0.15) is 290 Å². The van der Waals surface area contributed by atoms with Crippen molar-refractivity contribution in [3.05, 3.63) is 36.5 Å². The number of allylic oxidation sites excluding steroid dienone is 6. The number of aliphatic hydroxyl groups is 1. The van der Waals surface area contributed by atoms with Crippen LogP contribution in [0.3, 0.4) is 0 Å². The molecule has 0 aliphatic carbocycles. The van der Waals surface area contributed by atoms with E-state index in [0.29, 0.717) is 19.3 Å². The fraction of sp³-hybridized carbons (Fsp3) is 0.850. The highest BCUT2D eigenvalue weighted by Gasteiger charge is 2.28. The van der Waals surface area contributed by atoms with E-state index in [0.717, 1.165) is 89.9 Å². The molecule has 0 bridgehead atoms. The summed E-state index contributed by atoms with van der Waals surface area (Å²) in [5, 5.41) is 9.81. The molecule has 0 fully saturated rings. The first kappa shape index (κ1) is 69.7. The van der Waals surface area contributed by atoms with Gasteiger partial charge >= 0.3 is 25.7 Å². The first-order valence-electron chi connectivity index (χ1n) is 29.9. The van der Waals surface area contributed by atoms with E-state index in [1.807, 2.05) is 0 Å². The van der Waals surface area contributed by atoms with Crippen LogP contribution in [-0.4, -0.2) is 66.5 Å². The quantitative estimate of drug-likeness (QED) is 0.0197. The molecule has 0 saturated heterocycles. The molecular formula is C60H111O11P. The molecule has 0 radical (unpaired) electrons. The molecule has 0 amide bonds. The number of phosphoric acid groups is 1. The van der Waals surface area contributed by atoms with Crippen LogP contribution < -0.4 is 0 Å². The topological polar surface area (TPSA) is 155 Å². The first-order valence-corrected chi connectivity index (χ1v) is 31.4. The summed E-state index contributed by atoms with van der Waals surface area (Å²) in [6, 6.07) is 0. The van der Waals surface area contributed by atoms with Crippen molar-refractivity contribution in [1.29, 1.82) is 0 Å². The van der Waals surface area contributed by atoms with E-state index in [9.17, 15) is 28.9 Å². The Morgan fingerprint density at radius 1 is 0.389 bits per heavy atom. The molecule has 0 aromatic heterocycles. The van der Waals surface area contributed by atoms with Crippen molar-refractivity contribution in [3.8, 4) is 0 Å². The Morgan fingerprint density at radius 2 is 0.708 bits per heavy atom. The third kappa shape index (κ3) is 52.6. The van der Waals surface area contributed by atoms with Gasteiger partial charge in [0.2, 0.25) is 0 Å². The summed E-state index contributed by atoms with van der Waals surface area (Å²) >= 11 is 0. The molecule has 0 aromatic rings. The highest BCUT2D eigenvalue weighted by atomic mass is 31.2. The number of unbranched alkanes of at least 4 members (excludes halogenated alkanes) is 33. The van der Waals surface area contributed by atoms with E-state index in [2.05, 4.69) is 57.2 Å². The van der Waals surface area contributed by atoms with Crippen molar-refractivity contribution in [3.63, 3.8) is 0 Å². The second-order valence-corrected chi connectivity index (χ2v) is 21.6. The molecule has 2 N–H and O–H groups in total. The maximum atomic E-state index is 12.9. The van der Waals surface area contributed by atoms with Gasteiger partial charge in [-0.1, -0.05) is 237 Å². The third-order valence-corrected chi connectivity index (χ3v) is 14.0. The van der Waals surface area contributed by atoms with Gasteiger partial charge in [0.1, 0.15) is 12.7 Å². The van der Waals surface area contributed by atoms with Gasteiger partial charge in [-0.2, -0.15) is 0 Å². The number of rotatable bonds is 56. The number of carbonyl (C=O) groups is 3. The fourth-order valence-corrected chi connectivity index (χ4v) is 9.23. The molecule has 0 aliphatic rings. The van der Waals surface area contributed by atoms with E-state index in [1.54, 1.807) is 0 Å². The molecule has 12 heteroatoms. The molecule has 72 heavy (non-hydrogen) atoms. The standard InChI is InChI=1S/C60H111O11P/c1-4-7-10-13-16-19-22-25-27-28-30-33-36-39-42-45-48-51-60(64)71-57(53-67-58(62)49-46-43-40-37-34-32-29-26-23-20-17-14-11-8-5-2)55-69-72(65,66)68-54-56(52-61)70-59(63)50-47-44-41-38-35-31-24-21-18-15-12-9-6-3/h12,15,21,24-25,27,56-57,61H,4-11,13-14,16-20,22-23,26,28-55H2,1-3H3,(H,65,66)/b15-12-,24-21-,27-25-. The SMILES string of the molecule is CCC/C=C\C/C=C\CCCCCCCC(=O)OC(CO)COP(=O)(O)OCC(COC(=O)CCCCCCCCCCCCCCCCC)OC(=O)CCCCCCCCC/C=C\CCCCCCCC. The van der Waals surface area contributed by atoms with Gasteiger partial charge in [-0.25, -0.2) is 4.57 Å². The number of hydrogen-bond donors (Lipinski definition) is 2. The molecule has 0 heterocycles. The molecule has 422 valence electrons. The predicted octanol–water partition coefficient (Wildman–Crippen LogP) is 17.6. The van der Waals surface area contributed by atoms with Gasteiger partial charge in [-0.3, -0.25) is 23.4 Å². The molecule has 0 aromatic carbocycles. The van der Waals surface area contributed by atoms with Crippen molar-refractivity contribution in [1.82, 2.24) is 0 Å². The Kier molecular flexibility index (Phi) is 53.2. The van der Waals surface area contributed by atoms with Crippen molar-refractivity contribution < 1.29 is 52.2 Å². The van der Waals surface area contributed by atoms with Crippen LogP contribution in [-0.2, 0) is 42.2 Å². The van der Waals surface area contributed by atoms with Crippen molar-refractivity contribution in [2.45, 2.75) is 303 Å². The summed E-state index contributed by atoms with van der Waals surface area (Å²) < 4.78 is 39.5. The van der Waals surface area contributed by atoms with Gasteiger partial charge in [0, 0.05) is 19.3 Å². The Balaban J connectivity index is 4.71. The number of hydrogen-bond acceptors (Lipinski definition) is 10. The van der Waals surface area contributed by atoms with Crippen molar-refractivity contribution >= 4 is 25.7 Å². The highest BCUT2D eigenvalue weighted by Crippen LogP contribution is 2.43. The van der Waals surface area contributed by atoms with Crippen molar-refractivity contribution in [2.75, 3.05) is 26.4 Å². The van der Waals surface area contributed by atoms with Gasteiger partial charge in [0.15, 0.2) is 6.10 Å². The zero-order valence-corrected chi connectivity index (χ0v) is 47.6. The van der Waals surface area contributed by atoms with E-state index in [1.165, 1.54) is 141 Å². The van der Waals surface area contributed by atoms with Crippen LogP contribution in [0.2, 0.25) is 0 Å². The molecule has 3 atom stereocenters. The van der Waals surface area contributed by atoms with Crippen LogP contribution in [0, 0.1) is 0 Å². The minimum absolute atomic E-state index is 0.163. The van der Waals surface area contributed by atoms with Crippen LogP contribution in [0.5, 0.6) is 0 Å². The number of phosphoric ester groups is 1. The Labute approximate surface area is 441 Å². The van der Waals surface area contributed by atoms with Crippen LogP contribution >= 0.6 is 7.82 Å². The smallest absolute Gasteiger partial charge is 0.462 e. The maximum absolute atomic E-state index is 12.9. The van der Waals surface area contributed by atoms with Gasteiger partial charge in [-0.15, -0.1) is 0 Å². The predicted molar refractivity (Wildman–Crippen MR) is 298 cm³/mol. The molecule has 0 rings (SSSR count). The van der Waals surface area contributed by atoms with E-state index >= 15 is 0 Å². The lowest BCUT2D eigenvalue weighted by Crippen LogP contribution is -2.30. The Morgan fingerprint density at radius 3 is 1.10 bits per heavy atom. The average Bonchev–Trinajstić information content (AvgIpc) is 3.37. The number of aliphatic hydroxyl groups excluding tert-OH is 1. The van der Waals surface area contributed by atoms with E-state index in [4.69, 9.17) is 23.3 Å². The van der Waals surface area contributed by atoms with E-state index < -0.39 is 57.8 Å². The summed E-state index contributed by atoms with van der Waals surface area (Å²) in [6.45, 7) is 4.60. The molecule has 0 aliphatic heterocycles. The number of ether oxygens (including phenoxy) is 3. The number of esters is 3. The summed E-state index contributed by atoms with van der Waals surface area (Å²) in [6.07, 6.45) is 56.7. The number of carbonyl (C=O) groups excluding carboxylic acids is 3. The first-order chi connectivity index (χ1) is 35.2. The second kappa shape index (κ2) is 54.9. The summed E-state index contributed by atoms with van der Waals surface area (Å²) in [5.74, 6) is -1.46. The zero-order valence-electron chi connectivity index (χ0n) is 46.7. The van der Waals surface area contributed by atoms with Gasteiger partial charge in [0.05, 0.1) is 19.8 Å². The lowest BCUT2D eigenvalue weighted by atomic mass is 10.0. The average molecular weight is 1040 g/mol.